The average molecular weight is 308 g/mol. The first-order valence-corrected chi connectivity index (χ1v) is 8.59. The molecule has 0 aliphatic carbocycles. The molecule has 6 heteroatoms. The summed E-state index contributed by atoms with van der Waals surface area (Å²) in [6, 6.07) is 9.05. The molecule has 1 unspecified atom stereocenters. The summed E-state index contributed by atoms with van der Waals surface area (Å²) in [6.07, 6.45) is 1.21. The van der Waals surface area contributed by atoms with Crippen molar-refractivity contribution in [2.75, 3.05) is 13.3 Å². The minimum absolute atomic E-state index is 0.143. The summed E-state index contributed by atoms with van der Waals surface area (Å²) in [6.45, 7) is 4.61. The predicted octanol–water partition coefficient (Wildman–Crippen LogP) is 2.58. The van der Waals surface area contributed by atoms with Gasteiger partial charge in [0, 0.05) is 18.4 Å². The Balaban J connectivity index is 2.10. The van der Waals surface area contributed by atoms with Gasteiger partial charge in [-0.25, -0.2) is 8.42 Å². The van der Waals surface area contributed by atoms with Gasteiger partial charge >= 0.3 is 0 Å². The van der Waals surface area contributed by atoms with E-state index < -0.39 is 9.84 Å². The highest BCUT2D eigenvalue weighted by molar-refractivity contribution is 7.90. The molecule has 0 saturated carbocycles. The molecule has 1 heterocycles. The quantitative estimate of drug-likeness (QED) is 0.849. The first-order valence-electron chi connectivity index (χ1n) is 6.70. The number of benzene rings is 1. The molecule has 114 valence electrons. The number of sulfone groups is 1. The van der Waals surface area contributed by atoms with Crippen LogP contribution < -0.4 is 0 Å². The molecule has 2 rings (SSSR count). The van der Waals surface area contributed by atoms with Crippen molar-refractivity contribution in [3.8, 4) is 0 Å². The summed E-state index contributed by atoms with van der Waals surface area (Å²) in [5.41, 5.74) is 1.92. The number of aryl methyl sites for hydroxylation is 1. The first kappa shape index (κ1) is 15.7. The van der Waals surface area contributed by atoms with E-state index in [0.29, 0.717) is 11.4 Å². The molecule has 5 nitrogen and oxygen atoms in total. The third-order valence-electron chi connectivity index (χ3n) is 3.53. The molecule has 0 N–H and O–H groups in total. The van der Waals surface area contributed by atoms with Gasteiger partial charge in [-0.15, -0.1) is 0 Å². The maximum atomic E-state index is 11.5. The Morgan fingerprint density at radius 2 is 1.90 bits per heavy atom. The van der Waals surface area contributed by atoms with Crippen molar-refractivity contribution in [3.63, 3.8) is 0 Å². The fourth-order valence-electron chi connectivity index (χ4n) is 2.12. The molecular formula is C15H20N2O3S. The molecule has 1 atom stereocenters. The highest BCUT2D eigenvalue weighted by Gasteiger charge is 2.15. The fraction of sp³-hybridized carbons (Fsp3) is 0.400. The molecule has 1 aromatic carbocycles. The Labute approximate surface area is 125 Å². The van der Waals surface area contributed by atoms with Crippen LogP contribution in [-0.2, 0) is 16.4 Å². The van der Waals surface area contributed by atoms with Crippen LogP contribution in [0.25, 0.3) is 0 Å². The average Bonchev–Trinajstić information content (AvgIpc) is 2.82. The lowest BCUT2D eigenvalue weighted by Gasteiger charge is -2.24. The van der Waals surface area contributed by atoms with Crippen LogP contribution in [0.2, 0.25) is 0 Å². The lowest BCUT2D eigenvalue weighted by atomic mass is 10.1. The molecule has 0 amide bonds. The molecule has 0 fully saturated rings. The number of hydrogen-bond donors (Lipinski definition) is 0. The summed E-state index contributed by atoms with van der Waals surface area (Å²) in [5, 5.41) is 3.87. The summed E-state index contributed by atoms with van der Waals surface area (Å²) in [7, 11) is -1.16. The smallest absolute Gasteiger partial charge is 0.175 e. The van der Waals surface area contributed by atoms with E-state index in [9.17, 15) is 8.42 Å². The van der Waals surface area contributed by atoms with Crippen molar-refractivity contribution in [2.45, 2.75) is 31.3 Å². The van der Waals surface area contributed by atoms with Crippen LogP contribution in [0, 0.1) is 6.92 Å². The van der Waals surface area contributed by atoms with Gasteiger partial charge in [-0.3, -0.25) is 4.90 Å². The Bertz CT molecular complexity index is 705. The third-order valence-corrected chi connectivity index (χ3v) is 4.66. The van der Waals surface area contributed by atoms with Gasteiger partial charge in [-0.1, -0.05) is 17.3 Å². The third kappa shape index (κ3) is 3.92. The summed E-state index contributed by atoms with van der Waals surface area (Å²) < 4.78 is 28.1. The van der Waals surface area contributed by atoms with Crippen molar-refractivity contribution in [1.82, 2.24) is 10.1 Å². The molecular weight excluding hydrogens is 288 g/mol. The van der Waals surface area contributed by atoms with Crippen LogP contribution in [0.5, 0.6) is 0 Å². The van der Waals surface area contributed by atoms with Gasteiger partial charge in [0.05, 0.1) is 17.1 Å². The second kappa shape index (κ2) is 5.99. The molecule has 21 heavy (non-hydrogen) atoms. The number of nitrogens with zero attached hydrogens (tertiary/aromatic N) is 2. The Hall–Kier alpha value is -1.66. The molecule has 2 aromatic rings. The maximum Gasteiger partial charge on any atom is 0.175 e. The lowest BCUT2D eigenvalue weighted by molar-refractivity contribution is 0.220. The Kier molecular flexibility index (Phi) is 4.49. The molecule has 0 spiro atoms. The summed E-state index contributed by atoms with van der Waals surface area (Å²) in [5.74, 6) is 0.814. The van der Waals surface area contributed by atoms with E-state index in [1.165, 1.54) is 6.26 Å². The molecule has 0 aliphatic heterocycles. The molecule has 0 bridgehead atoms. The van der Waals surface area contributed by atoms with E-state index in [4.69, 9.17) is 4.52 Å². The Morgan fingerprint density at radius 1 is 1.29 bits per heavy atom. The highest BCUT2D eigenvalue weighted by atomic mass is 32.2. The first-order chi connectivity index (χ1) is 9.77. The zero-order valence-electron chi connectivity index (χ0n) is 12.7. The molecule has 0 radical (unpaired) electrons. The highest BCUT2D eigenvalue weighted by Crippen LogP contribution is 2.22. The second-order valence-electron chi connectivity index (χ2n) is 5.37. The van der Waals surface area contributed by atoms with Crippen LogP contribution >= 0.6 is 0 Å². The topological polar surface area (TPSA) is 63.4 Å². The van der Waals surface area contributed by atoms with Crippen LogP contribution in [-0.4, -0.2) is 31.8 Å². The largest absolute Gasteiger partial charge is 0.360 e. The van der Waals surface area contributed by atoms with Crippen LogP contribution in [0.4, 0.5) is 0 Å². The molecule has 0 saturated heterocycles. The monoisotopic (exact) mass is 308 g/mol. The van der Waals surface area contributed by atoms with Crippen molar-refractivity contribution in [3.05, 3.63) is 47.3 Å². The van der Waals surface area contributed by atoms with E-state index in [2.05, 4.69) is 17.0 Å². The molecule has 1 aromatic heterocycles. The van der Waals surface area contributed by atoms with Crippen molar-refractivity contribution in [2.24, 2.45) is 0 Å². The van der Waals surface area contributed by atoms with E-state index in [1.807, 2.05) is 32.2 Å². The Morgan fingerprint density at radius 3 is 2.38 bits per heavy atom. The number of aromatic nitrogens is 1. The van der Waals surface area contributed by atoms with Crippen LogP contribution in [0.15, 0.2) is 39.8 Å². The normalized spacial score (nSPS) is 13.6. The van der Waals surface area contributed by atoms with Gasteiger partial charge in [0.25, 0.3) is 0 Å². The van der Waals surface area contributed by atoms with Gasteiger partial charge in [0.15, 0.2) is 15.6 Å². The van der Waals surface area contributed by atoms with Gasteiger partial charge in [0.1, 0.15) is 0 Å². The minimum atomic E-state index is -3.15. The fourth-order valence-corrected chi connectivity index (χ4v) is 2.75. The van der Waals surface area contributed by atoms with Gasteiger partial charge in [-0.2, -0.15) is 0 Å². The van der Waals surface area contributed by atoms with Crippen molar-refractivity contribution < 1.29 is 12.9 Å². The van der Waals surface area contributed by atoms with E-state index in [-0.39, 0.29) is 6.04 Å². The van der Waals surface area contributed by atoms with Gasteiger partial charge < -0.3 is 4.52 Å². The zero-order valence-corrected chi connectivity index (χ0v) is 13.5. The van der Waals surface area contributed by atoms with Crippen molar-refractivity contribution >= 4 is 9.84 Å². The maximum absolute atomic E-state index is 11.5. The van der Waals surface area contributed by atoms with Crippen LogP contribution in [0.3, 0.4) is 0 Å². The summed E-state index contributed by atoms with van der Waals surface area (Å²) in [4.78, 5) is 2.46. The second-order valence-corrected chi connectivity index (χ2v) is 7.38. The predicted molar refractivity (Wildman–Crippen MR) is 80.7 cm³/mol. The van der Waals surface area contributed by atoms with Crippen molar-refractivity contribution in [1.29, 1.82) is 0 Å². The van der Waals surface area contributed by atoms with Gasteiger partial charge in [0.2, 0.25) is 0 Å². The lowest BCUT2D eigenvalue weighted by Crippen LogP contribution is -2.21. The van der Waals surface area contributed by atoms with E-state index >= 15 is 0 Å². The number of rotatable bonds is 5. The minimum Gasteiger partial charge on any atom is -0.360 e. The van der Waals surface area contributed by atoms with E-state index in [1.54, 1.807) is 12.1 Å². The molecule has 0 aliphatic rings. The SMILES string of the molecule is Cc1cc(CN(C)C(C)c2ccc(S(C)(=O)=O)cc2)on1. The van der Waals surface area contributed by atoms with Crippen LogP contribution in [0.1, 0.15) is 30.0 Å². The zero-order chi connectivity index (χ0) is 15.6. The summed E-state index contributed by atoms with van der Waals surface area (Å²) >= 11 is 0. The van der Waals surface area contributed by atoms with Gasteiger partial charge in [-0.05, 0) is 38.6 Å². The van der Waals surface area contributed by atoms with E-state index in [0.717, 1.165) is 17.0 Å². The number of hydrogen-bond acceptors (Lipinski definition) is 5. The standard InChI is InChI=1S/C15H20N2O3S/c1-11-9-14(20-16-11)10-17(3)12(2)13-5-7-15(8-6-13)21(4,18)19/h5-9,12H,10H2,1-4H3.